The second-order valence-electron chi connectivity index (χ2n) is 6.61. The molecule has 5 heteroatoms. The first-order valence-electron chi connectivity index (χ1n) is 8.34. The van der Waals surface area contributed by atoms with Gasteiger partial charge in [-0.2, -0.15) is 0 Å². The van der Waals surface area contributed by atoms with E-state index in [0.29, 0.717) is 0 Å². The number of nitrogens with zero attached hydrogens (tertiary/aromatic N) is 2. The maximum Gasteiger partial charge on any atom is 0.0798 e. The standard InChI is InChI=1S/C16H28N4S/c1-13-16(21-12-19-13)11-20(10-15-4-7-18-8-15)9-14-2-5-17-6-3-14/h12,14-15,17-18H,2-11H2,1H3. The maximum atomic E-state index is 4.42. The van der Waals surface area contributed by atoms with E-state index in [1.54, 1.807) is 0 Å². The van der Waals surface area contributed by atoms with Gasteiger partial charge in [0.1, 0.15) is 0 Å². The van der Waals surface area contributed by atoms with Gasteiger partial charge in [0.2, 0.25) is 0 Å². The molecular weight excluding hydrogens is 280 g/mol. The van der Waals surface area contributed by atoms with Gasteiger partial charge in [0.05, 0.1) is 11.2 Å². The van der Waals surface area contributed by atoms with Crippen LogP contribution in [0.25, 0.3) is 0 Å². The predicted molar refractivity (Wildman–Crippen MR) is 88.7 cm³/mol. The lowest BCUT2D eigenvalue weighted by Gasteiger charge is -2.31. The lowest BCUT2D eigenvalue weighted by molar-refractivity contribution is 0.177. The van der Waals surface area contributed by atoms with Crippen molar-refractivity contribution >= 4 is 11.3 Å². The van der Waals surface area contributed by atoms with E-state index in [1.807, 2.05) is 16.8 Å². The van der Waals surface area contributed by atoms with E-state index in [2.05, 4.69) is 27.4 Å². The fraction of sp³-hybridized carbons (Fsp3) is 0.812. The molecule has 2 saturated heterocycles. The first-order valence-corrected chi connectivity index (χ1v) is 9.22. The highest BCUT2D eigenvalue weighted by molar-refractivity contribution is 7.09. The van der Waals surface area contributed by atoms with E-state index in [-0.39, 0.29) is 0 Å². The topological polar surface area (TPSA) is 40.2 Å². The van der Waals surface area contributed by atoms with Crippen molar-refractivity contribution in [2.45, 2.75) is 32.7 Å². The van der Waals surface area contributed by atoms with Crippen LogP contribution in [0.15, 0.2) is 5.51 Å². The molecule has 0 radical (unpaired) electrons. The van der Waals surface area contributed by atoms with Crippen LogP contribution in [0.4, 0.5) is 0 Å². The molecule has 4 nitrogen and oxygen atoms in total. The third kappa shape index (κ3) is 4.49. The number of rotatable bonds is 6. The Balaban J connectivity index is 1.59. The lowest BCUT2D eigenvalue weighted by Crippen LogP contribution is -2.38. The van der Waals surface area contributed by atoms with Crippen LogP contribution in [0.5, 0.6) is 0 Å². The van der Waals surface area contributed by atoms with Crippen molar-refractivity contribution in [1.82, 2.24) is 20.5 Å². The molecule has 21 heavy (non-hydrogen) atoms. The third-order valence-electron chi connectivity index (χ3n) is 4.87. The van der Waals surface area contributed by atoms with Crippen molar-refractivity contribution in [2.24, 2.45) is 11.8 Å². The zero-order valence-corrected chi connectivity index (χ0v) is 13.9. The molecule has 1 atom stereocenters. The molecule has 2 aliphatic heterocycles. The van der Waals surface area contributed by atoms with Gasteiger partial charge in [-0.3, -0.25) is 4.90 Å². The van der Waals surface area contributed by atoms with Crippen LogP contribution in [-0.2, 0) is 6.54 Å². The monoisotopic (exact) mass is 308 g/mol. The van der Waals surface area contributed by atoms with Gasteiger partial charge < -0.3 is 10.6 Å². The minimum absolute atomic E-state index is 0.833. The number of thiazole rings is 1. The molecule has 0 aliphatic carbocycles. The molecule has 1 aromatic rings. The van der Waals surface area contributed by atoms with E-state index in [9.17, 15) is 0 Å². The van der Waals surface area contributed by atoms with Crippen LogP contribution in [0, 0.1) is 18.8 Å². The first-order chi connectivity index (χ1) is 10.3. The Kier molecular flexibility index (Phi) is 5.63. The Morgan fingerprint density at radius 2 is 1.86 bits per heavy atom. The quantitative estimate of drug-likeness (QED) is 0.842. The van der Waals surface area contributed by atoms with Crippen molar-refractivity contribution < 1.29 is 0 Å². The summed E-state index contributed by atoms with van der Waals surface area (Å²) in [5.41, 5.74) is 3.21. The number of nitrogens with one attached hydrogen (secondary N) is 2. The fourth-order valence-electron chi connectivity index (χ4n) is 3.55. The number of hydrogen-bond donors (Lipinski definition) is 2. The van der Waals surface area contributed by atoms with Crippen LogP contribution in [0.2, 0.25) is 0 Å². The Morgan fingerprint density at radius 3 is 2.52 bits per heavy atom. The molecule has 1 aromatic heterocycles. The van der Waals surface area contributed by atoms with Gasteiger partial charge in [0.25, 0.3) is 0 Å². The highest BCUT2D eigenvalue weighted by Gasteiger charge is 2.22. The summed E-state index contributed by atoms with van der Waals surface area (Å²) < 4.78 is 0. The average Bonchev–Trinajstić information content (AvgIpc) is 3.13. The van der Waals surface area contributed by atoms with Gasteiger partial charge in [0, 0.05) is 24.5 Å². The summed E-state index contributed by atoms with van der Waals surface area (Å²) in [6.07, 6.45) is 4.01. The number of hydrogen-bond acceptors (Lipinski definition) is 5. The summed E-state index contributed by atoms with van der Waals surface area (Å²) in [6.45, 7) is 10.5. The second kappa shape index (κ2) is 7.68. The molecule has 0 aromatic carbocycles. The summed E-state index contributed by atoms with van der Waals surface area (Å²) >= 11 is 1.82. The normalized spacial score (nSPS) is 24.0. The average molecular weight is 308 g/mol. The summed E-state index contributed by atoms with van der Waals surface area (Å²) in [5.74, 6) is 1.70. The van der Waals surface area contributed by atoms with E-state index >= 15 is 0 Å². The summed E-state index contributed by atoms with van der Waals surface area (Å²) in [7, 11) is 0. The van der Waals surface area contributed by atoms with Crippen LogP contribution < -0.4 is 10.6 Å². The molecule has 2 N–H and O–H groups in total. The van der Waals surface area contributed by atoms with Crippen molar-refractivity contribution in [3.63, 3.8) is 0 Å². The third-order valence-corrected chi connectivity index (χ3v) is 5.79. The lowest BCUT2D eigenvalue weighted by atomic mass is 9.96. The highest BCUT2D eigenvalue weighted by atomic mass is 32.1. The van der Waals surface area contributed by atoms with Crippen molar-refractivity contribution in [1.29, 1.82) is 0 Å². The molecule has 0 saturated carbocycles. The van der Waals surface area contributed by atoms with Crippen LogP contribution in [0.1, 0.15) is 29.8 Å². The Labute approximate surface area is 132 Å². The zero-order valence-electron chi connectivity index (χ0n) is 13.1. The van der Waals surface area contributed by atoms with E-state index in [0.717, 1.165) is 18.4 Å². The largest absolute Gasteiger partial charge is 0.317 e. The number of piperidine rings is 1. The fourth-order valence-corrected chi connectivity index (χ4v) is 4.37. The molecular formula is C16H28N4S. The van der Waals surface area contributed by atoms with Gasteiger partial charge in [-0.1, -0.05) is 0 Å². The molecule has 0 spiro atoms. The molecule has 3 rings (SSSR count). The van der Waals surface area contributed by atoms with Gasteiger partial charge in [-0.25, -0.2) is 4.98 Å². The Bertz CT molecular complexity index is 422. The van der Waals surface area contributed by atoms with Crippen molar-refractivity contribution in [3.8, 4) is 0 Å². The van der Waals surface area contributed by atoms with Gasteiger partial charge in [0.15, 0.2) is 0 Å². The number of aromatic nitrogens is 1. The number of aryl methyl sites for hydroxylation is 1. The summed E-state index contributed by atoms with van der Waals surface area (Å²) in [6, 6.07) is 0. The summed E-state index contributed by atoms with van der Waals surface area (Å²) in [4.78, 5) is 8.57. The SMILES string of the molecule is Cc1ncsc1CN(CC1CCNCC1)CC1CCNC1. The highest BCUT2D eigenvalue weighted by Crippen LogP contribution is 2.21. The van der Waals surface area contributed by atoms with E-state index < -0.39 is 0 Å². The first kappa shape index (κ1) is 15.4. The molecule has 0 amide bonds. The van der Waals surface area contributed by atoms with Gasteiger partial charge in [-0.05, 0) is 64.2 Å². The smallest absolute Gasteiger partial charge is 0.0798 e. The van der Waals surface area contributed by atoms with E-state index in [1.165, 1.54) is 69.1 Å². The van der Waals surface area contributed by atoms with Crippen molar-refractivity contribution in [2.75, 3.05) is 39.3 Å². The Morgan fingerprint density at radius 1 is 1.14 bits per heavy atom. The summed E-state index contributed by atoms with van der Waals surface area (Å²) in [5, 5.41) is 6.98. The van der Waals surface area contributed by atoms with Crippen LogP contribution >= 0.6 is 11.3 Å². The predicted octanol–water partition coefficient (Wildman–Crippen LogP) is 1.86. The molecule has 3 heterocycles. The van der Waals surface area contributed by atoms with Gasteiger partial charge in [-0.15, -0.1) is 11.3 Å². The molecule has 118 valence electrons. The van der Waals surface area contributed by atoms with E-state index in [4.69, 9.17) is 0 Å². The minimum Gasteiger partial charge on any atom is -0.317 e. The zero-order chi connectivity index (χ0) is 14.5. The second-order valence-corrected chi connectivity index (χ2v) is 7.55. The molecule has 2 aliphatic rings. The van der Waals surface area contributed by atoms with Gasteiger partial charge >= 0.3 is 0 Å². The molecule has 0 bridgehead atoms. The van der Waals surface area contributed by atoms with Crippen LogP contribution in [-0.4, -0.2) is 49.2 Å². The minimum atomic E-state index is 0.833. The maximum absolute atomic E-state index is 4.42. The Hall–Kier alpha value is -0.490. The van der Waals surface area contributed by atoms with Crippen molar-refractivity contribution in [3.05, 3.63) is 16.1 Å². The van der Waals surface area contributed by atoms with Crippen LogP contribution in [0.3, 0.4) is 0 Å². The molecule has 1 unspecified atom stereocenters. The molecule has 2 fully saturated rings.